The summed E-state index contributed by atoms with van der Waals surface area (Å²) in [6.07, 6.45) is 0. The second-order valence-electron chi connectivity index (χ2n) is 5.45. The zero-order valence-corrected chi connectivity index (χ0v) is 12.3. The van der Waals surface area contributed by atoms with Gasteiger partial charge in [-0.25, -0.2) is 5.41 Å². The van der Waals surface area contributed by atoms with Crippen molar-refractivity contribution < 1.29 is 24.8 Å². The SMILES string of the molecule is CC(C)(C)OC(=O)CNc1cc(O)ccc1C(=[NH2+])C(N)=O. The predicted molar refractivity (Wildman–Crippen MR) is 77.7 cm³/mol. The van der Waals surface area contributed by atoms with Gasteiger partial charge in [-0.15, -0.1) is 0 Å². The Kier molecular flexibility index (Phi) is 4.91. The molecule has 114 valence electrons. The number of phenolic OH excluding ortho intramolecular Hbond substituents is 1. The molecule has 0 saturated carbocycles. The number of carbonyl (C=O) groups excluding carboxylic acids is 2. The Morgan fingerprint density at radius 1 is 1.38 bits per heavy atom. The van der Waals surface area contributed by atoms with Crippen LogP contribution in [0.25, 0.3) is 0 Å². The number of anilines is 1. The Labute approximate surface area is 122 Å². The van der Waals surface area contributed by atoms with Crippen LogP contribution < -0.4 is 16.5 Å². The lowest BCUT2D eigenvalue weighted by Gasteiger charge is -2.20. The third-order valence-electron chi connectivity index (χ3n) is 2.40. The zero-order chi connectivity index (χ0) is 16.2. The Hall–Kier alpha value is -2.57. The molecule has 0 fully saturated rings. The van der Waals surface area contributed by atoms with Gasteiger partial charge in [-0.05, 0) is 32.9 Å². The summed E-state index contributed by atoms with van der Waals surface area (Å²) < 4.78 is 5.14. The Bertz CT molecular complexity index is 576. The van der Waals surface area contributed by atoms with E-state index < -0.39 is 17.5 Å². The van der Waals surface area contributed by atoms with Crippen LogP contribution >= 0.6 is 0 Å². The van der Waals surface area contributed by atoms with Gasteiger partial charge in [0.1, 0.15) is 17.9 Å². The van der Waals surface area contributed by atoms with Crippen molar-refractivity contribution in [3.05, 3.63) is 23.8 Å². The van der Waals surface area contributed by atoms with Gasteiger partial charge in [0.15, 0.2) is 0 Å². The molecule has 1 aromatic rings. The molecule has 1 rings (SSSR count). The third kappa shape index (κ3) is 5.13. The van der Waals surface area contributed by atoms with Gasteiger partial charge in [0.25, 0.3) is 5.71 Å². The van der Waals surface area contributed by atoms with Crippen molar-refractivity contribution in [1.82, 2.24) is 0 Å². The van der Waals surface area contributed by atoms with Gasteiger partial charge in [0.05, 0.1) is 11.3 Å². The molecule has 0 aliphatic carbocycles. The van der Waals surface area contributed by atoms with E-state index in [1.54, 1.807) is 20.8 Å². The number of ether oxygens (including phenoxy) is 1. The average molecular weight is 294 g/mol. The molecule has 7 nitrogen and oxygen atoms in total. The number of amides is 1. The second kappa shape index (κ2) is 6.25. The first-order valence-corrected chi connectivity index (χ1v) is 6.31. The van der Waals surface area contributed by atoms with Crippen molar-refractivity contribution in [1.29, 1.82) is 0 Å². The first kappa shape index (κ1) is 16.5. The third-order valence-corrected chi connectivity index (χ3v) is 2.40. The second-order valence-corrected chi connectivity index (χ2v) is 5.45. The highest BCUT2D eigenvalue weighted by molar-refractivity contribution is 6.43. The fourth-order valence-electron chi connectivity index (χ4n) is 1.59. The lowest BCUT2D eigenvalue weighted by Crippen LogP contribution is -2.48. The van der Waals surface area contributed by atoms with Gasteiger partial charge < -0.3 is 20.9 Å². The molecular weight excluding hydrogens is 274 g/mol. The molecule has 0 aliphatic heterocycles. The smallest absolute Gasteiger partial charge is 0.325 e. The fourth-order valence-corrected chi connectivity index (χ4v) is 1.59. The quantitative estimate of drug-likeness (QED) is 0.417. The summed E-state index contributed by atoms with van der Waals surface area (Å²) in [6, 6.07) is 4.14. The van der Waals surface area contributed by atoms with E-state index in [1.165, 1.54) is 18.2 Å². The van der Waals surface area contributed by atoms with Gasteiger partial charge in [0, 0.05) is 6.07 Å². The Morgan fingerprint density at radius 3 is 2.52 bits per heavy atom. The molecule has 7 heteroatoms. The maximum Gasteiger partial charge on any atom is 0.325 e. The van der Waals surface area contributed by atoms with Crippen LogP contribution in [-0.4, -0.2) is 34.8 Å². The van der Waals surface area contributed by atoms with E-state index in [1.807, 2.05) is 0 Å². The number of rotatable bonds is 5. The molecule has 1 amide bonds. The first-order chi connectivity index (χ1) is 9.60. The molecule has 0 aliphatic rings. The van der Waals surface area contributed by atoms with Crippen molar-refractivity contribution in [2.75, 3.05) is 11.9 Å². The standard InChI is InChI=1S/C14H19N3O4/c1-14(2,3)21-11(19)7-17-10-6-8(18)4-5-9(10)12(15)13(16)20/h4-6,15,17-18H,7H2,1-3H3,(H2,16,20)/p+1. The van der Waals surface area contributed by atoms with E-state index in [0.29, 0.717) is 11.3 Å². The lowest BCUT2D eigenvalue weighted by molar-refractivity contribution is -0.152. The van der Waals surface area contributed by atoms with Gasteiger partial charge in [-0.2, -0.15) is 0 Å². The molecule has 0 saturated heterocycles. The van der Waals surface area contributed by atoms with Crippen molar-refractivity contribution in [3.8, 4) is 5.75 Å². The number of hydrogen-bond acceptors (Lipinski definition) is 5. The number of hydrogen-bond donors (Lipinski definition) is 4. The number of aromatic hydroxyl groups is 1. The highest BCUT2D eigenvalue weighted by Crippen LogP contribution is 2.21. The van der Waals surface area contributed by atoms with Crippen LogP contribution in [0.5, 0.6) is 5.75 Å². The molecule has 0 radical (unpaired) electrons. The number of carbonyl (C=O) groups is 2. The minimum Gasteiger partial charge on any atom is -0.508 e. The van der Waals surface area contributed by atoms with Crippen LogP contribution in [0, 0.1) is 0 Å². The molecule has 0 atom stereocenters. The minimum atomic E-state index is -0.791. The summed E-state index contributed by atoms with van der Waals surface area (Å²) >= 11 is 0. The van der Waals surface area contributed by atoms with Crippen LogP contribution in [-0.2, 0) is 14.3 Å². The van der Waals surface area contributed by atoms with Crippen LogP contribution in [0.4, 0.5) is 5.69 Å². The van der Waals surface area contributed by atoms with Crippen LogP contribution in [0.2, 0.25) is 0 Å². The van der Waals surface area contributed by atoms with E-state index in [-0.39, 0.29) is 18.0 Å². The Balaban J connectivity index is 2.87. The predicted octanol–water partition coefficient (Wildman–Crippen LogP) is -0.821. The topological polar surface area (TPSA) is 127 Å². The molecule has 0 aromatic heterocycles. The number of primary amides is 1. The van der Waals surface area contributed by atoms with Gasteiger partial charge >= 0.3 is 11.9 Å². The average Bonchev–Trinajstić information content (AvgIpc) is 2.33. The van der Waals surface area contributed by atoms with Gasteiger partial charge in [-0.1, -0.05) is 0 Å². The summed E-state index contributed by atoms with van der Waals surface area (Å²) in [6.45, 7) is 5.12. The van der Waals surface area contributed by atoms with Crippen LogP contribution in [0.3, 0.4) is 0 Å². The fraction of sp³-hybridized carbons (Fsp3) is 0.357. The maximum absolute atomic E-state index is 11.7. The summed E-state index contributed by atoms with van der Waals surface area (Å²) in [7, 11) is 0. The van der Waals surface area contributed by atoms with E-state index in [2.05, 4.69) is 5.32 Å². The molecule has 6 N–H and O–H groups in total. The van der Waals surface area contributed by atoms with Crippen molar-refractivity contribution in [2.24, 2.45) is 5.73 Å². The first-order valence-electron chi connectivity index (χ1n) is 6.31. The maximum atomic E-state index is 11.7. The number of esters is 1. The van der Waals surface area contributed by atoms with E-state index in [4.69, 9.17) is 15.9 Å². The van der Waals surface area contributed by atoms with E-state index in [9.17, 15) is 14.7 Å². The highest BCUT2D eigenvalue weighted by atomic mass is 16.6. The normalized spacial score (nSPS) is 10.8. The van der Waals surface area contributed by atoms with Gasteiger partial charge in [0.2, 0.25) is 0 Å². The molecular formula is C14H20N3O4+. The molecule has 0 unspecified atom stereocenters. The molecule has 0 bridgehead atoms. The molecule has 21 heavy (non-hydrogen) atoms. The summed E-state index contributed by atoms with van der Waals surface area (Å²) in [5.41, 5.74) is 4.99. The summed E-state index contributed by atoms with van der Waals surface area (Å²) in [5, 5.41) is 17.9. The van der Waals surface area contributed by atoms with Crippen molar-refractivity contribution in [3.63, 3.8) is 0 Å². The van der Waals surface area contributed by atoms with E-state index in [0.717, 1.165) is 0 Å². The zero-order valence-electron chi connectivity index (χ0n) is 12.3. The number of nitrogens with two attached hydrogens (primary N) is 2. The molecule has 0 heterocycles. The minimum absolute atomic E-state index is 0.0392. The van der Waals surface area contributed by atoms with Gasteiger partial charge in [-0.3, -0.25) is 9.59 Å². The number of nitrogens with one attached hydrogen (secondary N) is 1. The van der Waals surface area contributed by atoms with E-state index >= 15 is 0 Å². The van der Waals surface area contributed by atoms with Crippen molar-refractivity contribution >= 4 is 23.3 Å². The molecule has 0 spiro atoms. The Morgan fingerprint density at radius 2 is 2.00 bits per heavy atom. The number of benzene rings is 1. The summed E-state index contributed by atoms with van der Waals surface area (Å²) in [5.74, 6) is -1.31. The highest BCUT2D eigenvalue weighted by Gasteiger charge is 2.20. The monoisotopic (exact) mass is 294 g/mol. The van der Waals surface area contributed by atoms with Crippen LogP contribution in [0.15, 0.2) is 18.2 Å². The molecule has 1 aromatic carbocycles. The largest absolute Gasteiger partial charge is 0.508 e. The lowest BCUT2D eigenvalue weighted by atomic mass is 10.1. The summed E-state index contributed by atoms with van der Waals surface area (Å²) in [4.78, 5) is 22.8. The van der Waals surface area contributed by atoms with Crippen molar-refractivity contribution in [2.45, 2.75) is 26.4 Å². The number of phenols is 1. The van der Waals surface area contributed by atoms with Crippen LogP contribution in [0.1, 0.15) is 26.3 Å².